The maximum atomic E-state index is 11.9. The summed E-state index contributed by atoms with van der Waals surface area (Å²) in [6.45, 7) is 0. The number of para-hydroxylation sites is 1. The van der Waals surface area contributed by atoms with Crippen LogP contribution in [-0.2, 0) is 4.79 Å². The van der Waals surface area contributed by atoms with E-state index < -0.39 is 0 Å². The first-order chi connectivity index (χ1) is 10.7. The van der Waals surface area contributed by atoms with Gasteiger partial charge in [-0.25, -0.2) is 4.79 Å². The topological polar surface area (TPSA) is 70.2 Å². The molecule has 0 aromatic heterocycles. The summed E-state index contributed by atoms with van der Waals surface area (Å²) < 4.78 is 0. The van der Waals surface area contributed by atoms with Gasteiger partial charge in [-0.15, -0.1) is 0 Å². The van der Waals surface area contributed by atoms with E-state index in [1.54, 1.807) is 0 Å². The van der Waals surface area contributed by atoms with E-state index in [2.05, 4.69) is 16.0 Å². The summed E-state index contributed by atoms with van der Waals surface area (Å²) in [5.74, 6) is 1.06. The largest absolute Gasteiger partial charge is 0.332 e. The molecule has 5 nitrogen and oxygen atoms in total. The highest BCUT2D eigenvalue weighted by Crippen LogP contribution is 2.33. The molecule has 2 fully saturated rings. The molecule has 3 rings (SSSR count). The van der Waals surface area contributed by atoms with Gasteiger partial charge in [0, 0.05) is 23.1 Å². The van der Waals surface area contributed by atoms with Crippen molar-refractivity contribution in [2.75, 3.05) is 11.1 Å². The monoisotopic (exact) mass is 319 g/mol. The molecule has 1 aromatic rings. The molecule has 0 saturated carbocycles. The summed E-state index contributed by atoms with van der Waals surface area (Å²) in [5, 5.41) is 9.32. The van der Waals surface area contributed by atoms with Gasteiger partial charge in [0.25, 0.3) is 0 Å². The number of fused-ring (bicyclic) bond motifs is 1. The zero-order valence-electron chi connectivity index (χ0n) is 12.4. The lowest BCUT2D eigenvalue weighted by Crippen LogP contribution is -2.36. The van der Waals surface area contributed by atoms with E-state index in [-0.39, 0.29) is 24.0 Å². The molecule has 3 N–H and O–H groups in total. The molecular formula is C16H21N3O2S. The molecule has 3 atom stereocenters. The van der Waals surface area contributed by atoms with E-state index in [0.717, 1.165) is 30.7 Å². The lowest BCUT2D eigenvalue weighted by molar-refractivity contribution is -0.116. The van der Waals surface area contributed by atoms with Gasteiger partial charge in [-0.05, 0) is 25.0 Å². The van der Waals surface area contributed by atoms with Crippen LogP contribution in [0.4, 0.5) is 10.5 Å². The highest BCUT2D eigenvalue weighted by molar-refractivity contribution is 8.00. The van der Waals surface area contributed by atoms with Gasteiger partial charge in [-0.1, -0.05) is 24.6 Å². The minimum atomic E-state index is -0.0393. The van der Waals surface area contributed by atoms with E-state index in [4.69, 9.17) is 0 Å². The molecule has 6 heteroatoms. The third-order valence-electron chi connectivity index (χ3n) is 4.14. The Balaban J connectivity index is 1.34. The number of carbonyl (C=O) groups excluding carboxylic acids is 2. The summed E-state index contributed by atoms with van der Waals surface area (Å²) in [7, 11) is 0. The number of urea groups is 1. The molecule has 2 aliphatic heterocycles. The van der Waals surface area contributed by atoms with Gasteiger partial charge in [-0.3, -0.25) is 4.79 Å². The number of anilines is 1. The van der Waals surface area contributed by atoms with Gasteiger partial charge in [-0.2, -0.15) is 11.8 Å². The van der Waals surface area contributed by atoms with Crippen LogP contribution in [0.1, 0.15) is 25.7 Å². The molecule has 0 bridgehead atoms. The van der Waals surface area contributed by atoms with Crippen molar-refractivity contribution in [1.82, 2.24) is 10.6 Å². The summed E-state index contributed by atoms with van der Waals surface area (Å²) in [5.41, 5.74) is 0.849. The number of carbonyl (C=O) groups is 2. The molecule has 22 heavy (non-hydrogen) atoms. The predicted molar refractivity (Wildman–Crippen MR) is 89.0 cm³/mol. The molecule has 1 aromatic carbocycles. The van der Waals surface area contributed by atoms with Gasteiger partial charge in [0.05, 0.1) is 12.1 Å². The molecule has 0 unspecified atom stereocenters. The standard InChI is InChI=1S/C16H21N3O2S/c20-14(17-11-6-2-1-3-7-11)9-5-4-8-13-15-12(10-22-13)18-16(21)19-15/h1-3,6-7,12-13,15H,4-5,8-10H2,(H,17,20)(H2,18,19,21)/t12-,13-,15-/m0/s1. The molecule has 0 aliphatic carbocycles. The number of unbranched alkanes of at least 4 members (excludes halogenated alkanes) is 1. The van der Waals surface area contributed by atoms with Crippen LogP contribution in [0.5, 0.6) is 0 Å². The zero-order chi connectivity index (χ0) is 15.4. The molecule has 2 aliphatic rings. The Kier molecular flexibility index (Phi) is 4.87. The van der Waals surface area contributed by atoms with Crippen molar-refractivity contribution in [2.24, 2.45) is 0 Å². The number of rotatable bonds is 6. The maximum Gasteiger partial charge on any atom is 0.315 e. The Morgan fingerprint density at radius 2 is 2.05 bits per heavy atom. The average molecular weight is 319 g/mol. The second-order valence-electron chi connectivity index (χ2n) is 5.78. The van der Waals surface area contributed by atoms with E-state index in [1.165, 1.54) is 0 Å². The average Bonchev–Trinajstić information content (AvgIpc) is 3.04. The number of amides is 3. The third kappa shape index (κ3) is 3.74. The van der Waals surface area contributed by atoms with Crippen LogP contribution >= 0.6 is 11.8 Å². The van der Waals surface area contributed by atoms with Crippen LogP contribution in [0.15, 0.2) is 30.3 Å². The SMILES string of the molecule is O=C(CCCC[C@@H]1SC[C@@H]2NC(=O)N[C@@H]21)Nc1ccccc1. The van der Waals surface area contributed by atoms with Crippen LogP contribution in [0.3, 0.4) is 0 Å². The summed E-state index contributed by atoms with van der Waals surface area (Å²) >= 11 is 1.92. The first-order valence-electron chi connectivity index (χ1n) is 7.76. The Bertz CT molecular complexity index is 537. The van der Waals surface area contributed by atoms with Gasteiger partial charge in [0.1, 0.15) is 0 Å². The lowest BCUT2D eigenvalue weighted by Gasteiger charge is -2.16. The third-order valence-corrected chi connectivity index (χ3v) is 5.65. The van der Waals surface area contributed by atoms with Gasteiger partial charge in [0.2, 0.25) is 5.91 Å². The number of benzene rings is 1. The van der Waals surface area contributed by atoms with E-state index >= 15 is 0 Å². The molecule has 2 saturated heterocycles. The first-order valence-corrected chi connectivity index (χ1v) is 8.81. The van der Waals surface area contributed by atoms with Crippen molar-refractivity contribution < 1.29 is 9.59 Å². The second-order valence-corrected chi connectivity index (χ2v) is 7.05. The van der Waals surface area contributed by atoms with Crippen molar-refractivity contribution in [3.05, 3.63) is 30.3 Å². The highest BCUT2D eigenvalue weighted by atomic mass is 32.2. The van der Waals surface area contributed by atoms with Crippen molar-refractivity contribution in [1.29, 1.82) is 0 Å². The zero-order valence-corrected chi connectivity index (χ0v) is 13.2. The fraction of sp³-hybridized carbons (Fsp3) is 0.500. The van der Waals surface area contributed by atoms with Gasteiger partial charge >= 0.3 is 6.03 Å². The Morgan fingerprint density at radius 3 is 2.86 bits per heavy atom. The molecule has 0 spiro atoms. The fourth-order valence-electron chi connectivity index (χ4n) is 3.02. The van der Waals surface area contributed by atoms with E-state index in [0.29, 0.717) is 11.7 Å². The smallest absolute Gasteiger partial charge is 0.315 e. The summed E-state index contributed by atoms with van der Waals surface area (Å²) in [6.07, 6.45) is 3.49. The number of hydrogen-bond acceptors (Lipinski definition) is 3. The number of nitrogens with one attached hydrogen (secondary N) is 3. The van der Waals surface area contributed by atoms with Crippen LogP contribution < -0.4 is 16.0 Å². The number of thioether (sulfide) groups is 1. The lowest BCUT2D eigenvalue weighted by atomic mass is 10.0. The Hall–Kier alpha value is -1.69. The fourth-order valence-corrected chi connectivity index (χ4v) is 4.56. The predicted octanol–water partition coefficient (Wildman–Crippen LogP) is 2.35. The Labute approximate surface area is 134 Å². The molecular weight excluding hydrogens is 298 g/mol. The molecule has 2 heterocycles. The number of hydrogen-bond donors (Lipinski definition) is 3. The van der Waals surface area contributed by atoms with Crippen LogP contribution in [0.2, 0.25) is 0 Å². The normalized spacial score (nSPS) is 26.2. The quantitative estimate of drug-likeness (QED) is 0.557. The van der Waals surface area contributed by atoms with Crippen molar-refractivity contribution in [3.63, 3.8) is 0 Å². The maximum absolute atomic E-state index is 11.9. The van der Waals surface area contributed by atoms with Crippen molar-refractivity contribution in [3.8, 4) is 0 Å². The first kappa shape index (κ1) is 15.2. The molecule has 0 radical (unpaired) electrons. The van der Waals surface area contributed by atoms with Crippen molar-refractivity contribution >= 4 is 29.4 Å². The molecule has 3 amide bonds. The van der Waals surface area contributed by atoms with Gasteiger partial charge < -0.3 is 16.0 Å². The minimum Gasteiger partial charge on any atom is -0.332 e. The van der Waals surface area contributed by atoms with Gasteiger partial charge in [0.15, 0.2) is 0 Å². The highest BCUT2D eigenvalue weighted by Gasteiger charge is 2.42. The minimum absolute atomic E-state index is 0.0393. The van der Waals surface area contributed by atoms with Crippen LogP contribution in [0.25, 0.3) is 0 Å². The molecule has 118 valence electrons. The van der Waals surface area contributed by atoms with E-state index in [9.17, 15) is 9.59 Å². The van der Waals surface area contributed by atoms with Crippen molar-refractivity contribution in [2.45, 2.75) is 43.0 Å². The summed E-state index contributed by atoms with van der Waals surface area (Å²) in [6, 6.07) is 10.0. The summed E-state index contributed by atoms with van der Waals surface area (Å²) in [4.78, 5) is 23.2. The van der Waals surface area contributed by atoms with E-state index in [1.807, 2.05) is 42.1 Å². The van der Waals surface area contributed by atoms with Crippen LogP contribution in [0, 0.1) is 0 Å². The van der Waals surface area contributed by atoms with Crippen LogP contribution in [-0.4, -0.2) is 35.0 Å². The second kappa shape index (κ2) is 7.05. The Morgan fingerprint density at radius 1 is 1.23 bits per heavy atom.